The number of benzene rings is 2. The molecule has 0 amide bonds. The van der Waals surface area contributed by atoms with Gasteiger partial charge >= 0.3 is 11.3 Å². The molecular weight excluding hydrogens is 505 g/mol. The summed E-state index contributed by atoms with van der Waals surface area (Å²) in [5, 5.41) is 2.45. The second-order valence-electron chi connectivity index (χ2n) is 5.75. The lowest BCUT2D eigenvalue weighted by Crippen LogP contribution is -2.15. The van der Waals surface area contributed by atoms with Crippen LogP contribution in [0.5, 0.6) is 0 Å². The Morgan fingerprint density at radius 2 is 1.96 bits per heavy atom. The standard InChI is InChI=1S/C16H10BrCl2F3N3O2P/c1-28(26,25-12-4-3-9(17)7-10(12)18)13-5-2-8(6-11(13)20)14-23-15(27-24-14)16(19,21)22/h2-7H,1H3,(H,25,26). The fourth-order valence-corrected chi connectivity index (χ4v) is 4.79. The fourth-order valence-electron chi connectivity index (χ4n) is 2.32. The van der Waals surface area contributed by atoms with Crippen LogP contribution in [-0.2, 0) is 9.95 Å². The number of aromatic nitrogens is 2. The van der Waals surface area contributed by atoms with Crippen molar-refractivity contribution in [2.24, 2.45) is 0 Å². The quantitative estimate of drug-likeness (QED) is 0.323. The van der Waals surface area contributed by atoms with Gasteiger partial charge in [-0.05, 0) is 41.9 Å². The minimum absolute atomic E-state index is 0.0545. The van der Waals surface area contributed by atoms with Crippen molar-refractivity contribution in [2.75, 3.05) is 11.8 Å². The van der Waals surface area contributed by atoms with Gasteiger partial charge in [0.1, 0.15) is 5.82 Å². The second kappa shape index (κ2) is 7.71. The normalized spacial score (nSPS) is 14.0. The van der Waals surface area contributed by atoms with Crippen molar-refractivity contribution >= 4 is 57.4 Å². The van der Waals surface area contributed by atoms with Crippen LogP contribution in [0.25, 0.3) is 11.4 Å². The molecule has 2 aromatic carbocycles. The summed E-state index contributed by atoms with van der Waals surface area (Å²) in [6.07, 6.45) is 0. The Kier molecular flexibility index (Phi) is 5.83. The van der Waals surface area contributed by atoms with Gasteiger partial charge in [-0.1, -0.05) is 38.8 Å². The SMILES string of the molecule is CP(=O)(Nc1ccc(Br)cc1Cl)c1ccc(-c2noc(C(F)(F)Cl)n2)cc1F. The highest BCUT2D eigenvalue weighted by Gasteiger charge is 2.36. The maximum atomic E-state index is 14.6. The van der Waals surface area contributed by atoms with Crippen LogP contribution in [0.15, 0.2) is 45.4 Å². The number of hydrogen-bond acceptors (Lipinski definition) is 4. The summed E-state index contributed by atoms with van der Waals surface area (Å²) < 4.78 is 58.7. The molecule has 1 aromatic heterocycles. The predicted molar refractivity (Wildman–Crippen MR) is 105 cm³/mol. The van der Waals surface area contributed by atoms with Crippen molar-refractivity contribution in [3.05, 3.63) is 57.6 Å². The maximum Gasteiger partial charge on any atom is 0.400 e. The zero-order valence-corrected chi connectivity index (χ0v) is 17.9. The summed E-state index contributed by atoms with van der Waals surface area (Å²) in [5.41, 5.74) is 0.421. The minimum atomic E-state index is -3.84. The summed E-state index contributed by atoms with van der Waals surface area (Å²) in [6, 6.07) is 8.44. The first-order chi connectivity index (χ1) is 13.0. The molecule has 0 saturated heterocycles. The third-order valence-electron chi connectivity index (χ3n) is 3.60. The molecule has 0 spiro atoms. The average molecular weight is 515 g/mol. The van der Waals surface area contributed by atoms with Gasteiger partial charge in [0.05, 0.1) is 16.0 Å². The van der Waals surface area contributed by atoms with Gasteiger partial charge in [0, 0.05) is 16.7 Å². The van der Waals surface area contributed by atoms with E-state index in [-0.39, 0.29) is 16.7 Å². The van der Waals surface area contributed by atoms with E-state index in [2.05, 4.69) is 35.7 Å². The highest BCUT2D eigenvalue weighted by atomic mass is 79.9. The summed E-state index contributed by atoms with van der Waals surface area (Å²) in [4.78, 5) is 3.44. The lowest BCUT2D eigenvalue weighted by molar-refractivity contribution is 0.0551. The van der Waals surface area contributed by atoms with Gasteiger partial charge in [-0.25, -0.2) is 4.39 Å². The number of nitrogens with zero attached hydrogens (tertiary/aromatic N) is 2. The van der Waals surface area contributed by atoms with Crippen LogP contribution in [0.3, 0.4) is 0 Å². The largest absolute Gasteiger partial charge is 0.400 e. The molecule has 1 N–H and O–H groups in total. The fraction of sp³-hybridized carbons (Fsp3) is 0.125. The van der Waals surface area contributed by atoms with E-state index in [1.165, 1.54) is 18.8 Å². The van der Waals surface area contributed by atoms with Gasteiger partial charge in [-0.3, -0.25) is 4.57 Å². The van der Waals surface area contributed by atoms with E-state index in [4.69, 9.17) is 23.2 Å². The van der Waals surface area contributed by atoms with Crippen LogP contribution in [0.4, 0.5) is 18.9 Å². The van der Waals surface area contributed by atoms with Crippen molar-refractivity contribution in [2.45, 2.75) is 5.38 Å². The van der Waals surface area contributed by atoms with Crippen LogP contribution in [0.2, 0.25) is 5.02 Å². The molecule has 1 unspecified atom stereocenters. The molecule has 1 atom stereocenters. The predicted octanol–water partition coefficient (Wildman–Crippen LogP) is 6.23. The van der Waals surface area contributed by atoms with Gasteiger partial charge in [-0.2, -0.15) is 13.8 Å². The van der Waals surface area contributed by atoms with E-state index in [9.17, 15) is 17.7 Å². The Morgan fingerprint density at radius 1 is 1.25 bits per heavy atom. The Bertz CT molecular complexity index is 1090. The number of hydrogen-bond donors (Lipinski definition) is 1. The number of nitrogens with one attached hydrogen (secondary N) is 1. The van der Waals surface area contributed by atoms with Crippen LogP contribution in [0, 0.1) is 5.82 Å². The number of alkyl halides is 3. The van der Waals surface area contributed by atoms with Gasteiger partial charge in [0.15, 0.2) is 7.29 Å². The van der Waals surface area contributed by atoms with E-state index in [0.29, 0.717) is 10.7 Å². The molecule has 148 valence electrons. The molecule has 5 nitrogen and oxygen atoms in total. The second-order valence-corrected chi connectivity index (χ2v) is 10.1. The molecule has 0 bridgehead atoms. The Hall–Kier alpha value is -1.54. The minimum Gasteiger partial charge on any atom is -0.332 e. The molecule has 12 heteroatoms. The molecule has 0 radical (unpaired) electrons. The van der Waals surface area contributed by atoms with Crippen molar-refractivity contribution < 1.29 is 22.3 Å². The smallest absolute Gasteiger partial charge is 0.332 e. The Balaban J connectivity index is 1.91. The van der Waals surface area contributed by atoms with E-state index >= 15 is 0 Å². The lowest BCUT2D eigenvalue weighted by atomic mass is 10.2. The first-order valence-corrected chi connectivity index (χ1v) is 11.2. The average Bonchev–Trinajstić information content (AvgIpc) is 3.07. The maximum absolute atomic E-state index is 14.6. The lowest BCUT2D eigenvalue weighted by Gasteiger charge is -2.18. The van der Waals surface area contributed by atoms with E-state index < -0.39 is 24.4 Å². The van der Waals surface area contributed by atoms with Crippen molar-refractivity contribution in [1.29, 1.82) is 0 Å². The zero-order valence-electron chi connectivity index (χ0n) is 13.9. The molecule has 0 aliphatic rings. The van der Waals surface area contributed by atoms with E-state index in [1.54, 1.807) is 18.2 Å². The van der Waals surface area contributed by atoms with Gasteiger partial charge in [-0.15, -0.1) is 0 Å². The summed E-state index contributed by atoms with van der Waals surface area (Å²) in [6.45, 7) is 1.34. The number of halogens is 6. The molecular formula is C16H10BrCl2F3N3O2P. The molecule has 0 saturated carbocycles. The number of rotatable bonds is 5. The van der Waals surface area contributed by atoms with Crippen LogP contribution in [0.1, 0.15) is 5.89 Å². The highest BCUT2D eigenvalue weighted by Crippen LogP contribution is 2.43. The third kappa shape index (κ3) is 4.54. The highest BCUT2D eigenvalue weighted by molar-refractivity contribution is 9.10. The molecule has 0 fully saturated rings. The molecule has 0 aliphatic heterocycles. The summed E-state index contributed by atoms with van der Waals surface area (Å²) >= 11 is 14.2. The van der Waals surface area contributed by atoms with Crippen LogP contribution in [-0.4, -0.2) is 16.8 Å². The molecule has 0 aliphatic carbocycles. The Labute approximate surface area is 175 Å². The van der Waals surface area contributed by atoms with Gasteiger partial charge in [0.2, 0.25) is 5.82 Å². The third-order valence-corrected chi connectivity index (χ3v) is 6.52. The van der Waals surface area contributed by atoms with Gasteiger partial charge < -0.3 is 9.61 Å². The monoisotopic (exact) mass is 513 g/mol. The first kappa shape index (κ1) is 21.2. The van der Waals surface area contributed by atoms with Crippen molar-refractivity contribution in [3.63, 3.8) is 0 Å². The topological polar surface area (TPSA) is 68.0 Å². The first-order valence-electron chi connectivity index (χ1n) is 7.49. The molecule has 3 aromatic rings. The Morgan fingerprint density at radius 3 is 2.54 bits per heavy atom. The number of anilines is 1. The van der Waals surface area contributed by atoms with Crippen molar-refractivity contribution in [1.82, 2.24) is 10.1 Å². The molecule has 28 heavy (non-hydrogen) atoms. The summed E-state index contributed by atoms with van der Waals surface area (Å²) in [5.74, 6) is -2.23. The van der Waals surface area contributed by atoms with Gasteiger partial charge in [0.25, 0.3) is 0 Å². The van der Waals surface area contributed by atoms with E-state index in [1.807, 2.05) is 0 Å². The van der Waals surface area contributed by atoms with Crippen molar-refractivity contribution in [3.8, 4) is 11.4 Å². The van der Waals surface area contributed by atoms with E-state index in [0.717, 1.165) is 10.5 Å². The van der Waals surface area contributed by atoms with Crippen LogP contribution >= 0.6 is 46.4 Å². The zero-order chi connectivity index (χ0) is 20.7. The summed E-state index contributed by atoms with van der Waals surface area (Å²) in [7, 11) is -3.41. The van der Waals surface area contributed by atoms with Crippen LogP contribution < -0.4 is 10.4 Å². The molecule has 3 rings (SSSR count). The molecule has 1 heterocycles.